The van der Waals surface area contributed by atoms with Gasteiger partial charge in [0, 0.05) is 12.4 Å². The highest BCUT2D eigenvalue weighted by Gasteiger charge is 2.32. The summed E-state index contributed by atoms with van der Waals surface area (Å²) in [6, 6.07) is 5.33. The van der Waals surface area contributed by atoms with Crippen molar-refractivity contribution in [1.82, 2.24) is 14.3 Å². The standard InChI is InChI=1S/C14H7Cl2F3IN3/c15-9-5-8(14(17,18)19)6-10(16)12(9)23-13(11(20)7-21-23)22-3-1-2-4-22/h1-7H. The molecule has 2 aromatic heterocycles. The molecule has 0 aliphatic heterocycles. The molecular formula is C14H7Cl2F3IN3. The molecule has 23 heavy (non-hydrogen) atoms. The van der Waals surface area contributed by atoms with Crippen LogP contribution in [0.5, 0.6) is 0 Å². The van der Waals surface area contributed by atoms with Crippen molar-refractivity contribution in [3.8, 4) is 11.5 Å². The second-order valence-electron chi connectivity index (χ2n) is 4.60. The molecule has 0 amide bonds. The van der Waals surface area contributed by atoms with E-state index < -0.39 is 11.7 Å². The van der Waals surface area contributed by atoms with Crippen LogP contribution < -0.4 is 0 Å². The third kappa shape index (κ3) is 3.09. The van der Waals surface area contributed by atoms with Crippen LogP contribution in [0.3, 0.4) is 0 Å². The van der Waals surface area contributed by atoms with Gasteiger partial charge >= 0.3 is 6.18 Å². The summed E-state index contributed by atoms with van der Waals surface area (Å²) in [6.07, 6.45) is 0.650. The Bertz CT molecular complexity index is 834. The molecule has 2 heterocycles. The van der Waals surface area contributed by atoms with E-state index in [1.165, 1.54) is 4.68 Å². The lowest BCUT2D eigenvalue weighted by Crippen LogP contribution is -2.09. The lowest BCUT2D eigenvalue weighted by molar-refractivity contribution is -0.137. The van der Waals surface area contributed by atoms with Gasteiger partial charge in [-0.25, -0.2) is 4.68 Å². The molecule has 3 rings (SSSR count). The van der Waals surface area contributed by atoms with E-state index in [-0.39, 0.29) is 15.7 Å². The molecule has 0 saturated carbocycles. The topological polar surface area (TPSA) is 22.8 Å². The number of alkyl halides is 3. The first-order chi connectivity index (χ1) is 10.8. The molecular weight excluding hydrogens is 465 g/mol. The molecule has 3 nitrogen and oxygen atoms in total. The molecule has 1 aromatic carbocycles. The van der Waals surface area contributed by atoms with E-state index in [1.807, 2.05) is 12.1 Å². The van der Waals surface area contributed by atoms with Crippen molar-refractivity contribution in [3.05, 3.63) is 62.0 Å². The Morgan fingerprint density at radius 2 is 1.61 bits per heavy atom. The van der Waals surface area contributed by atoms with Gasteiger partial charge in [0.05, 0.1) is 25.4 Å². The number of halogens is 6. The Labute approximate surface area is 152 Å². The maximum atomic E-state index is 12.8. The molecule has 120 valence electrons. The van der Waals surface area contributed by atoms with Crippen molar-refractivity contribution < 1.29 is 13.2 Å². The minimum Gasteiger partial charge on any atom is -0.308 e. The highest BCUT2D eigenvalue weighted by Crippen LogP contribution is 2.38. The largest absolute Gasteiger partial charge is 0.416 e. The average molecular weight is 472 g/mol. The van der Waals surface area contributed by atoms with Gasteiger partial charge in [0.15, 0.2) is 5.82 Å². The predicted molar refractivity (Wildman–Crippen MR) is 90.6 cm³/mol. The lowest BCUT2D eigenvalue weighted by Gasteiger charge is -2.15. The zero-order valence-electron chi connectivity index (χ0n) is 11.2. The molecule has 0 radical (unpaired) electrons. The van der Waals surface area contributed by atoms with Gasteiger partial charge in [0.2, 0.25) is 0 Å². The number of rotatable bonds is 2. The van der Waals surface area contributed by atoms with Crippen LogP contribution in [-0.4, -0.2) is 14.3 Å². The van der Waals surface area contributed by atoms with E-state index in [2.05, 4.69) is 27.7 Å². The van der Waals surface area contributed by atoms with Gasteiger partial charge in [-0.3, -0.25) is 0 Å². The maximum absolute atomic E-state index is 12.8. The van der Waals surface area contributed by atoms with Crippen LogP contribution >= 0.6 is 45.8 Å². The fraction of sp³-hybridized carbons (Fsp3) is 0.0714. The van der Waals surface area contributed by atoms with Crippen molar-refractivity contribution in [1.29, 1.82) is 0 Å². The summed E-state index contributed by atoms with van der Waals surface area (Å²) < 4.78 is 42.5. The minimum absolute atomic E-state index is 0.127. The molecule has 0 aliphatic carbocycles. The van der Waals surface area contributed by atoms with Crippen LogP contribution in [0.1, 0.15) is 5.56 Å². The average Bonchev–Trinajstić information content (AvgIpc) is 3.06. The summed E-state index contributed by atoms with van der Waals surface area (Å²) in [5.74, 6) is 0.638. The highest BCUT2D eigenvalue weighted by atomic mass is 127. The Kier molecular flexibility index (Phi) is 4.37. The summed E-state index contributed by atoms with van der Waals surface area (Å²) in [6.45, 7) is 0. The Hall–Kier alpha value is -1.19. The highest BCUT2D eigenvalue weighted by molar-refractivity contribution is 14.1. The van der Waals surface area contributed by atoms with E-state index >= 15 is 0 Å². The lowest BCUT2D eigenvalue weighted by atomic mass is 10.2. The molecule has 0 N–H and O–H groups in total. The molecule has 9 heteroatoms. The number of benzene rings is 1. The van der Waals surface area contributed by atoms with Crippen LogP contribution in [0.4, 0.5) is 13.2 Å². The van der Waals surface area contributed by atoms with E-state index in [0.29, 0.717) is 5.82 Å². The SMILES string of the molecule is FC(F)(F)c1cc(Cl)c(-n2ncc(I)c2-n2cccc2)c(Cl)c1. The summed E-state index contributed by atoms with van der Waals surface area (Å²) in [5.41, 5.74) is -0.700. The minimum atomic E-state index is -4.52. The van der Waals surface area contributed by atoms with Crippen molar-refractivity contribution >= 4 is 45.8 Å². The molecule has 0 saturated heterocycles. The zero-order valence-corrected chi connectivity index (χ0v) is 14.8. The van der Waals surface area contributed by atoms with Gasteiger partial charge in [-0.15, -0.1) is 0 Å². The summed E-state index contributed by atoms with van der Waals surface area (Å²) in [4.78, 5) is 0. The number of hydrogen-bond donors (Lipinski definition) is 0. The number of hydrogen-bond acceptors (Lipinski definition) is 1. The van der Waals surface area contributed by atoms with E-state index in [4.69, 9.17) is 23.2 Å². The molecule has 0 aliphatic rings. The normalized spacial score (nSPS) is 11.9. The van der Waals surface area contributed by atoms with E-state index in [9.17, 15) is 13.2 Å². The fourth-order valence-electron chi connectivity index (χ4n) is 2.13. The molecule has 0 atom stereocenters. The van der Waals surface area contributed by atoms with Crippen molar-refractivity contribution in [2.24, 2.45) is 0 Å². The van der Waals surface area contributed by atoms with Crippen molar-refractivity contribution in [3.63, 3.8) is 0 Å². The van der Waals surface area contributed by atoms with Crippen LogP contribution in [0.15, 0.2) is 42.9 Å². The zero-order chi connectivity index (χ0) is 16.8. The van der Waals surface area contributed by atoms with E-state index in [1.54, 1.807) is 23.2 Å². The number of nitrogens with zero attached hydrogens (tertiary/aromatic N) is 3. The smallest absolute Gasteiger partial charge is 0.308 e. The molecule has 0 fully saturated rings. The second kappa shape index (κ2) is 6.03. The third-order valence-corrected chi connectivity index (χ3v) is 4.44. The first-order valence-electron chi connectivity index (χ1n) is 6.22. The predicted octanol–water partition coefficient (Wildman–Crippen LogP) is 5.59. The quantitative estimate of drug-likeness (QED) is 0.446. The first kappa shape index (κ1) is 16.7. The maximum Gasteiger partial charge on any atom is 0.416 e. The van der Waals surface area contributed by atoms with Crippen LogP contribution in [0.25, 0.3) is 11.5 Å². The molecule has 0 unspecified atom stereocenters. The van der Waals surface area contributed by atoms with E-state index in [0.717, 1.165) is 15.7 Å². The first-order valence-corrected chi connectivity index (χ1v) is 8.06. The third-order valence-electron chi connectivity index (χ3n) is 3.11. The van der Waals surface area contributed by atoms with Gasteiger partial charge in [0.25, 0.3) is 0 Å². The Morgan fingerprint density at radius 1 is 1.04 bits per heavy atom. The van der Waals surface area contributed by atoms with Gasteiger partial charge in [0.1, 0.15) is 5.69 Å². The summed E-state index contributed by atoms with van der Waals surface area (Å²) in [5, 5.41) is 3.94. The summed E-state index contributed by atoms with van der Waals surface area (Å²) >= 11 is 14.2. The van der Waals surface area contributed by atoms with Gasteiger partial charge < -0.3 is 4.57 Å². The van der Waals surface area contributed by atoms with Crippen molar-refractivity contribution in [2.75, 3.05) is 0 Å². The second-order valence-corrected chi connectivity index (χ2v) is 6.58. The van der Waals surface area contributed by atoms with Crippen LogP contribution in [-0.2, 0) is 6.18 Å². The molecule has 0 spiro atoms. The molecule has 0 bridgehead atoms. The fourth-order valence-corrected chi connectivity index (χ4v) is 3.40. The Balaban J connectivity index is 2.22. The van der Waals surface area contributed by atoms with Gasteiger partial charge in [-0.1, -0.05) is 23.2 Å². The van der Waals surface area contributed by atoms with Crippen LogP contribution in [0, 0.1) is 3.57 Å². The number of aromatic nitrogens is 3. The van der Waals surface area contributed by atoms with Crippen LogP contribution in [0.2, 0.25) is 10.0 Å². The van der Waals surface area contributed by atoms with Crippen molar-refractivity contribution in [2.45, 2.75) is 6.18 Å². The summed E-state index contributed by atoms with van der Waals surface area (Å²) in [7, 11) is 0. The monoisotopic (exact) mass is 471 g/mol. The van der Waals surface area contributed by atoms with Gasteiger partial charge in [-0.2, -0.15) is 18.3 Å². The Morgan fingerprint density at radius 3 is 2.13 bits per heavy atom. The van der Waals surface area contributed by atoms with Gasteiger partial charge in [-0.05, 0) is 46.9 Å². The molecule has 3 aromatic rings.